The third-order valence-corrected chi connectivity index (χ3v) is 5.99. The van der Waals surface area contributed by atoms with Crippen molar-refractivity contribution in [3.05, 3.63) is 78.1 Å². The molecule has 33 heavy (non-hydrogen) atoms. The molecular weight excluding hydrogens is 414 g/mol. The van der Waals surface area contributed by atoms with Gasteiger partial charge in [-0.15, -0.1) is 0 Å². The van der Waals surface area contributed by atoms with Crippen LogP contribution in [0.15, 0.2) is 66.7 Å². The molecule has 164 valence electrons. The number of imidazole rings is 1. The van der Waals surface area contributed by atoms with Crippen molar-refractivity contribution >= 4 is 34.0 Å². The van der Waals surface area contributed by atoms with Gasteiger partial charge in [0.1, 0.15) is 24.7 Å². The largest absolute Gasteiger partial charge is 0.486 e. The SMILES string of the molecule is CCN1C(=O)CN(c2ccc3c(c2)nc(COc2ccc(C#N)cc2)n3C)c2ccccc21. The zero-order valence-electron chi connectivity index (χ0n) is 18.5. The van der Waals surface area contributed by atoms with E-state index in [0.29, 0.717) is 24.5 Å². The van der Waals surface area contributed by atoms with E-state index in [9.17, 15) is 4.79 Å². The molecule has 7 heteroatoms. The van der Waals surface area contributed by atoms with Gasteiger partial charge in [-0.3, -0.25) is 4.79 Å². The first-order valence-corrected chi connectivity index (χ1v) is 10.8. The van der Waals surface area contributed by atoms with Crippen molar-refractivity contribution in [3.8, 4) is 11.8 Å². The highest BCUT2D eigenvalue weighted by Gasteiger charge is 2.29. The minimum atomic E-state index is 0.0776. The van der Waals surface area contributed by atoms with E-state index in [1.165, 1.54) is 0 Å². The zero-order chi connectivity index (χ0) is 22.9. The summed E-state index contributed by atoms with van der Waals surface area (Å²) < 4.78 is 7.89. The van der Waals surface area contributed by atoms with Gasteiger partial charge < -0.3 is 19.1 Å². The lowest BCUT2D eigenvalue weighted by Crippen LogP contribution is -2.43. The fraction of sp³-hybridized carbons (Fsp3) is 0.192. The first kappa shape index (κ1) is 20.6. The van der Waals surface area contributed by atoms with E-state index < -0.39 is 0 Å². The number of carbonyl (C=O) groups excluding carboxylic acids is 1. The lowest BCUT2D eigenvalue weighted by molar-refractivity contribution is -0.117. The number of fused-ring (bicyclic) bond motifs is 2. The van der Waals surface area contributed by atoms with E-state index in [2.05, 4.69) is 6.07 Å². The minimum Gasteiger partial charge on any atom is -0.486 e. The van der Waals surface area contributed by atoms with Crippen molar-refractivity contribution in [1.82, 2.24) is 9.55 Å². The van der Waals surface area contributed by atoms with Gasteiger partial charge in [-0.1, -0.05) is 12.1 Å². The molecule has 0 N–H and O–H groups in total. The number of ether oxygens (including phenoxy) is 1. The average Bonchev–Trinajstić information content (AvgIpc) is 3.17. The fourth-order valence-corrected chi connectivity index (χ4v) is 4.25. The molecule has 0 saturated heterocycles. The second-order valence-corrected chi connectivity index (χ2v) is 7.90. The van der Waals surface area contributed by atoms with Crippen molar-refractivity contribution in [2.24, 2.45) is 7.05 Å². The molecule has 0 atom stereocenters. The summed E-state index contributed by atoms with van der Waals surface area (Å²) in [7, 11) is 1.96. The van der Waals surface area contributed by atoms with E-state index in [1.807, 2.05) is 70.8 Å². The number of aryl methyl sites for hydroxylation is 1. The summed E-state index contributed by atoms with van der Waals surface area (Å²) in [5, 5.41) is 8.94. The van der Waals surface area contributed by atoms with Crippen molar-refractivity contribution < 1.29 is 9.53 Å². The number of rotatable bonds is 5. The molecule has 5 rings (SSSR count). The van der Waals surface area contributed by atoms with Gasteiger partial charge in [0.15, 0.2) is 0 Å². The minimum absolute atomic E-state index is 0.0776. The van der Waals surface area contributed by atoms with Crippen LogP contribution in [0, 0.1) is 11.3 Å². The van der Waals surface area contributed by atoms with Gasteiger partial charge in [0.2, 0.25) is 5.91 Å². The van der Waals surface area contributed by atoms with Crippen LogP contribution in [0.4, 0.5) is 17.1 Å². The summed E-state index contributed by atoms with van der Waals surface area (Å²) >= 11 is 0. The van der Waals surface area contributed by atoms with Gasteiger partial charge in [0, 0.05) is 19.3 Å². The predicted octanol–water partition coefficient (Wildman–Crippen LogP) is 4.53. The lowest BCUT2D eigenvalue weighted by Gasteiger charge is -2.36. The Labute approximate surface area is 192 Å². The van der Waals surface area contributed by atoms with E-state index in [0.717, 1.165) is 33.9 Å². The number of aromatic nitrogens is 2. The Morgan fingerprint density at radius 1 is 1.06 bits per heavy atom. The average molecular weight is 438 g/mol. The molecule has 7 nitrogen and oxygen atoms in total. The Kier molecular flexibility index (Phi) is 5.19. The van der Waals surface area contributed by atoms with Crippen LogP contribution >= 0.6 is 0 Å². The van der Waals surface area contributed by atoms with Crippen LogP contribution in [0.5, 0.6) is 5.75 Å². The Morgan fingerprint density at radius 2 is 1.82 bits per heavy atom. The maximum Gasteiger partial charge on any atom is 0.246 e. The number of likely N-dealkylation sites (N-methyl/N-ethyl adjacent to an activating group) is 1. The first-order chi connectivity index (χ1) is 16.1. The van der Waals surface area contributed by atoms with Crippen molar-refractivity contribution in [2.75, 3.05) is 22.9 Å². The maximum atomic E-state index is 12.8. The number of amides is 1. The molecule has 1 aliphatic heterocycles. The standard InChI is InChI=1S/C26H23N5O2/c1-3-30-23-6-4-5-7-24(23)31(16-26(30)32)19-10-13-22-21(14-19)28-25(29(22)2)17-33-20-11-8-18(15-27)9-12-20/h4-14H,3,16-17H2,1-2H3. The van der Waals surface area contributed by atoms with E-state index in [1.54, 1.807) is 24.3 Å². The predicted molar refractivity (Wildman–Crippen MR) is 128 cm³/mol. The number of anilines is 3. The monoisotopic (exact) mass is 437 g/mol. The van der Waals surface area contributed by atoms with Crippen molar-refractivity contribution in [3.63, 3.8) is 0 Å². The number of hydrogen-bond donors (Lipinski definition) is 0. The maximum absolute atomic E-state index is 12.8. The van der Waals surface area contributed by atoms with E-state index in [-0.39, 0.29) is 12.5 Å². The summed E-state index contributed by atoms with van der Waals surface area (Å²) in [5.74, 6) is 1.55. The quantitative estimate of drug-likeness (QED) is 0.459. The van der Waals surface area contributed by atoms with Crippen molar-refractivity contribution in [2.45, 2.75) is 13.5 Å². The third kappa shape index (κ3) is 3.66. The first-order valence-electron chi connectivity index (χ1n) is 10.8. The summed E-state index contributed by atoms with van der Waals surface area (Å²) in [6.07, 6.45) is 0. The molecule has 0 aliphatic carbocycles. The van der Waals surface area contributed by atoms with Gasteiger partial charge in [0.05, 0.1) is 34.0 Å². The van der Waals surface area contributed by atoms with Crippen molar-refractivity contribution in [1.29, 1.82) is 5.26 Å². The van der Waals surface area contributed by atoms with Crippen LogP contribution < -0.4 is 14.5 Å². The lowest BCUT2D eigenvalue weighted by atomic mass is 10.1. The van der Waals surface area contributed by atoms with Gasteiger partial charge in [-0.25, -0.2) is 4.98 Å². The molecule has 0 unspecified atom stereocenters. The summed E-state index contributed by atoms with van der Waals surface area (Å²) in [5.41, 5.74) is 5.29. The van der Waals surface area contributed by atoms with Crippen LogP contribution in [-0.4, -0.2) is 28.5 Å². The number of benzene rings is 3. The number of nitriles is 1. The van der Waals surface area contributed by atoms with Gasteiger partial charge in [-0.05, 0) is 61.5 Å². The number of para-hydroxylation sites is 2. The molecule has 1 amide bonds. The van der Waals surface area contributed by atoms with E-state index in [4.69, 9.17) is 15.0 Å². The molecule has 3 aromatic carbocycles. The molecule has 0 spiro atoms. The highest BCUT2D eigenvalue weighted by molar-refractivity contribution is 6.05. The molecule has 1 aromatic heterocycles. The number of nitrogens with zero attached hydrogens (tertiary/aromatic N) is 5. The Hall–Kier alpha value is -4.31. The second-order valence-electron chi connectivity index (χ2n) is 7.90. The fourth-order valence-electron chi connectivity index (χ4n) is 4.25. The molecule has 2 heterocycles. The number of carbonyl (C=O) groups is 1. The van der Waals surface area contributed by atoms with Crippen LogP contribution in [0.3, 0.4) is 0 Å². The second kappa shape index (κ2) is 8.32. The molecule has 0 fully saturated rings. The third-order valence-electron chi connectivity index (χ3n) is 5.99. The van der Waals surface area contributed by atoms with Gasteiger partial charge in [0.25, 0.3) is 0 Å². The van der Waals surface area contributed by atoms with Crippen LogP contribution in [-0.2, 0) is 18.4 Å². The topological polar surface area (TPSA) is 74.4 Å². The highest BCUT2D eigenvalue weighted by Crippen LogP contribution is 2.38. The van der Waals surface area contributed by atoms with Gasteiger partial charge >= 0.3 is 0 Å². The van der Waals surface area contributed by atoms with Gasteiger partial charge in [-0.2, -0.15) is 5.26 Å². The molecule has 0 bridgehead atoms. The van der Waals surface area contributed by atoms with Crippen LogP contribution in [0.2, 0.25) is 0 Å². The Bertz CT molecular complexity index is 1380. The highest BCUT2D eigenvalue weighted by atomic mass is 16.5. The summed E-state index contributed by atoms with van der Waals surface area (Å²) in [6.45, 7) is 3.23. The molecule has 1 aliphatic rings. The normalized spacial score (nSPS) is 13.2. The Balaban J connectivity index is 1.44. The van der Waals surface area contributed by atoms with Crippen LogP contribution in [0.25, 0.3) is 11.0 Å². The smallest absolute Gasteiger partial charge is 0.246 e. The Morgan fingerprint density at radius 3 is 2.55 bits per heavy atom. The molecule has 4 aromatic rings. The molecule has 0 radical (unpaired) electrons. The zero-order valence-corrected chi connectivity index (χ0v) is 18.5. The summed E-state index contributed by atoms with van der Waals surface area (Å²) in [6, 6.07) is 23.2. The summed E-state index contributed by atoms with van der Waals surface area (Å²) in [4.78, 5) is 21.4. The van der Waals surface area contributed by atoms with Crippen LogP contribution in [0.1, 0.15) is 18.3 Å². The molecular formula is C26H23N5O2. The molecule has 0 saturated carbocycles. The number of hydrogen-bond acceptors (Lipinski definition) is 5. The van der Waals surface area contributed by atoms with E-state index >= 15 is 0 Å².